The highest BCUT2D eigenvalue weighted by Crippen LogP contribution is 2.51. The van der Waals surface area contributed by atoms with Crippen molar-refractivity contribution in [2.75, 3.05) is 0 Å². The van der Waals surface area contributed by atoms with Gasteiger partial charge in [0.15, 0.2) is 13.9 Å². The van der Waals surface area contributed by atoms with Crippen LogP contribution in [-0.2, 0) is 5.41 Å². The number of rotatable bonds is 5. The maximum Gasteiger partial charge on any atom is 0.185 e. The summed E-state index contributed by atoms with van der Waals surface area (Å²) < 4.78 is 2.44. The van der Waals surface area contributed by atoms with Crippen molar-refractivity contribution in [2.45, 2.75) is 19.3 Å². The van der Waals surface area contributed by atoms with E-state index in [0.717, 1.165) is 34.0 Å². The summed E-state index contributed by atoms with van der Waals surface area (Å²) in [6, 6.07) is 73.4. The molecular weight excluding hydrogens is 731 g/mol. The smallest absolute Gasteiger partial charge is 0.185 e. The minimum absolute atomic E-state index is 0.0787. The number of para-hydroxylation sites is 1. The summed E-state index contributed by atoms with van der Waals surface area (Å²) in [6.45, 7) is 4.72. The molecule has 2 aliphatic rings. The Morgan fingerprint density at radius 1 is 0.441 bits per heavy atom. The van der Waals surface area contributed by atoms with Crippen molar-refractivity contribution >= 4 is 50.6 Å². The summed E-state index contributed by atoms with van der Waals surface area (Å²) in [6.07, 6.45) is 0. The highest BCUT2D eigenvalue weighted by atomic mass is 28.3. The van der Waals surface area contributed by atoms with Gasteiger partial charge < -0.3 is 4.57 Å². The van der Waals surface area contributed by atoms with Gasteiger partial charge in [-0.3, -0.25) is 0 Å². The topological polar surface area (TPSA) is 30.7 Å². The molecule has 3 nitrogen and oxygen atoms in total. The van der Waals surface area contributed by atoms with E-state index < -0.39 is 8.07 Å². The standard InChI is InChI=1S/C55H39N3Si/c1-55(2)46-30-15-12-27-41(46)44-35-49-45(34-47(44)55)42-28-13-16-31-48(42)58(49)38-22-18-21-37(33-38)54-56-51(36-19-6-3-7-20-36)53-52(57-54)43-29-14-17-32-50(43)59(53,39-23-8-4-9-24-39)40-25-10-5-11-26-40/h3-35H,1-2H3. The van der Waals surface area contributed by atoms with Crippen LogP contribution in [0.4, 0.5) is 0 Å². The molecule has 59 heavy (non-hydrogen) atoms. The molecule has 0 unspecified atom stereocenters. The lowest BCUT2D eigenvalue weighted by Gasteiger charge is -2.32. The van der Waals surface area contributed by atoms with Crippen LogP contribution in [0.1, 0.15) is 25.0 Å². The summed E-state index contributed by atoms with van der Waals surface area (Å²) in [5.41, 5.74) is 14.1. The largest absolute Gasteiger partial charge is 0.309 e. The van der Waals surface area contributed by atoms with Crippen molar-refractivity contribution in [3.05, 3.63) is 211 Å². The lowest BCUT2D eigenvalue weighted by molar-refractivity contribution is 0.661. The van der Waals surface area contributed by atoms with Gasteiger partial charge in [-0.15, -0.1) is 0 Å². The fourth-order valence-electron chi connectivity index (χ4n) is 10.5. The molecule has 1 aliphatic heterocycles. The van der Waals surface area contributed by atoms with E-state index in [1.165, 1.54) is 70.4 Å². The second-order valence-electron chi connectivity index (χ2n) is 16.5. The quantitative estimate of drug-likeness (QED) is 0.163. The zero-order valence-corrected chi connectivity index (χ0v) is 33.9. The van der Waals surface area contributed by atoms with E-state index in [4.69, 9.17) is 9.97 Å². The normalized spacial score (nSPS) is 14.2. The van der Waals surface area contributed by atoms with E-state index in [2.05, 4.69) is 219 Å². The molecule has 8 aromatic carbocycles. The molecule has 3 heterocycles. The van der Waals surface area contributed by atoms with Crippen molar-refractivity contribution in [1.82, 2.24) is 14.5 Å². The molecule has 4 heteroatoms. The first kappa shape index (κ1) is 33.9. The Kier molecular flexibility index (Phi) is 7.29. The molecule has 0 spiro atoms. The number of hydrogen-bond acceptors (Lipinski definition) is 2. The molecule has 2 aromatic heterocycles. The van der Waals surface area contributed by atoms with Crippen molar-refractivity contribution in [3.8, 4) is 50.7 Å². The number of nitrogens with zero attached hydrogens (tertiary/aromatic N) is 3. The van der Waals surface area contributed by atoms with Crippen LogP contribution in [-0.4, -0.2) is 22.6 Å². The van der Waals surface area contributed by atoms with Crippen LogP contribution >= 0.6 is 0 Å². The summed E-state index contributed by atoms with van der Waals surface area (Å²) >= 11 is 0. The van der Waals surface area contributed by atoms with Gasteiger partial charge in [0.2, 0.25) is 0 Å². The molecule has 0 saturated heterocycles. The molecule has 10 aromatic rings. The number of benzene rings is 8. The summed E-state index contributed by atoms with van der Waals surface area (Å²) in [5.74, 6) is 0.725. The first-order valence-corrected chi connectivity index (χ1v) is 22.5. The van der Waals surface area contributed by atoms with Crippen LogP contribution in [0.2, 0.25) is 0 Å². The average molecular weight is 770 g/mol. The van der Waals surface area contributed by atoms with E-state index in [1.54, 1.807) is 0 Å². The predicted octanol–water partition coefficient (Wildman–Crippen LogP) is 10.6. The predicted molar refractivity (Wildman–Crippen MR) is 247 cm³/mol. The van der Waals surface area contributed by atoms with Crippen molar-refractivity contribution in [1.29, 1.82) is 0 Å². The van der Waals surface area contributed by atoms with Gasteiger partial charge >= 0.3 is 0 Å². The maximum atomic E-state index is 5.66. The molecule has 0 radical (unpaired) electrons. The van der Waals surface area contributed by atoms with Gasteiger partial charge in [0, 0.05) is 43.8 Å². The van der Waals surface area contributed by atoms with Crippen molar-refractivity contribution in [2.24, 2.45) is 0 Å². The minimum atomic E-state index is -2.87. The van der Waals surface area contributed by atoms with Crippen LogP contribution in [0, 0.1) is 0 Å². The van der Waals surface area contributed by atoms with E-state index in [9.17, 15) is 0 Å². The molecule has 0 fully saturated rings. The van der Waals surface area contributed by atoms with Crippen LogP contribution in [0.15, 0.2) is 200 Å². The Bertz CT molecular complexity index is 3250. The van der Waals surface area contributed by atoms with Gasteiger partial charge in [0.05, 0.1) is 22.4 Å². The Labute approximate surface area is 345 Å². The second-order valence-corrected chi connectivity index (χ2v) is 20.2. The van der Waals surface area contributed by atoms with Gasteiger partial charge in [0.25, 0.3) is 0 Å². The maximum absolute atomic E-state index is 5.66. The minimum Gasteiger partial charge on any atom is -0.309 e. The summed E-state index contributed by atoms with van der Waals surface area (Å²) in [5, 5.41) is 7.79. The van der Waals surface area contributed by atoms with Crippen LogP contribution in [0.3, 0.4) is 0 Å². The molecule has 0 amide bonds. The van der Waals surface area contributed by atoms with E-state index in [-0.39, 0.29) is 5.41 Å². The van der Waals surface area contributed by atoms with E-state index >= 15 is 0 Å². The summed E-state index contributed by atoms with van der Waals surface area (Å²) in [4.78, 5) is 11.3. The Balaban J connectivity index is 1.12. The van der Waals surface area contributed by atoms with Crippen LogP contribution < -0.4 is 20.7 Å². The molecule has 0 N–H and O–H groups in total. The van der Waals surface area contributed by atoms with Crippen molar-refractivity contribution < 1.29 is 0 Å². The monoisotopic (exact) mass is 769 g/mol. The Hall–Kier alpha value is -7.14. The lowest BCUT2D eigenvalue weighted by atomic mass is 9.82. The molecule has 278 valence electrons. The van der Waals surface area contributed by atoms with Gasteiger partial charge in [-0.1, -0.05) is 184 Å². The molecule has 0 atom stereocenters. The third kappa shape index (κ3) is 4.75. The first-order valence-electron chi connectivity index (χ1n) is 20.5. The fourth-order valence-corrected chi connectivity index (χ4v) is 15.7. The first-order chi connectivity index (χ1) is 29.0. The average Bonchev–Trinajstić information content (AvgIpc) is 3.87. The Morgan fingerprint density at radius 3 is 1.81 bits per heavy atom. The number of hydrogen-bond donors (Lipinski definition) is 0. The second kappa shape index (κ2) is 12.7. The van der Waals surface area contributed by atoms with Gasteiger partial charge in [0.1, 0.15) is 0 Å². The zero-order chi connectivity index (χ0) is 39.3. The van der Waals surface area contributed by atoms with Gasteiger partial charge in [-0.25, -0.2) is 9.97 Å². The van der Waals surface area contributed by atoms with Crippen LogP contribution in [0.5, 0.6) is 0 Å². The zero-order valence-electron chi connectivity index (χ0n) is 32.9. The number of aromatic nitrogens is 3. The molecule has 0 bridgehead atoms. The highest BCUT2D eigenvalue weighted by Gasteiger charge is 2.51. The third-order valence-electron chi connectivity index (χ3n) is 13.1. The molecule has 12 rings (SSSR count). The van der Waals surface area contributed by atoms with Crippen LogP contribution in [0.25, 0.3) is 72.5 Å². The fraction of sp³-hybridized carbons (Fsp3) is 0.0545. The molecule has 1 aliphatic carbocycles. The third-order valence-corrected chi connectivity index (χ3v) is 17.9. The molecular formula is C55H39N3Si. The SMILES string of the molecule is CC1(C)c2ccccc2-c2cc3c(cc21)c1ccccc1n3-c1cccc(-c2nc(-c3ccccc3)c3c(n2)-c2ccccc2[Si]3(c2ccccc2)c2ccccc2)c1. The molecule has 0 saturated carbocycles. The van der Waals surface area contributed by atoms with Gasteiger partial charge in [-0.05, 0) is 68.1 Å². The van der Waals surface area contributed by atoms with Crippen molar-refractivity contribution in [3.63, 3.8) is 0 Å². The van der Waals surface area contributed by atoms with E-state index in [1.807, 2.05) is 0 Å². The highest BCUT2D eigenvalue weighted by molar-refractivity contribution is 7.22. The van der Waals surface area contributed by atoms with E-state index in [0.29, 0.717) is 0 Å². The van der Waals surface area contributed by atoms with Gasteiger partial charge in [-0.2, -0.15) is 0 Å². The number of fused-ring (bicyclic) bond motifs is 9. The lowest BCUT2D eigenvalue weighted by Crippen LogP contribution is -2.73. The summed E-state index contributed by atoms with van der Waals surface area (Å²) in [7, 11) is -2.87. The Morgan fingerprint density at radius 2 is 1.05 bits per heavy atom.